The molecular weight excluding hydrogens is 394 g/mol. The van der Waals surface area contributed by atoms with Gasteiger partial charge in [-0.3, -0.25) is 9.59 Å². The summed E-state index contributed by atoms with van der Waals surface area (Å²) in [6.07, 6.45) is 8.93. The summed E-state index contributed by atoms with van der Waals surface area (Å²) in [4.78, 5) is 34.8. The molecule has 9 heteroatoms. The third-order valence-electron chi connectivity index (χ3n) is 5.11. The van der Waals surface area contributed by atoms with Crippen LogP contribution >= 0.6 is 0 Å². The van der Waals surface area contributed by atoms with Crippen molar-refractivity contribution in [3.8, 4) is 5.69 Å². The molecule has 0 bridgehead atoms. The van der Waals surface area contributed by atoms with E-state index in [0.717, 1.165) is 29.6 Å². The molecule has 0 spiro atoms. The minimum absolute atomic E-state index is 0.109. The number of aromatic nitrogens is 4. The SMILES string of the molecule is NC(=O)c1cnc(Nc2ccc(-[n+]3ccc4c(=O)[nH]ccc4c3)cc2)nc1NC1CC1. The quantitative estimate of drug-likeness (QED) is 0.357. The molecule has 3 aromatic heterocycles. The van der Waals surface area contributed by atoms with Crippen molar-refractivity contribution in [2.75, 3.05) is 10.6 Å². The van der Waals surface area contributed by atoms with Crippen molar-refractivity contribution >= 4 is 34.1 Å². The highest BCUT2D eigenvalue weighted by atomic mass is 16.1. The highest BCUT2D eigenvalue weighted by Gasteiger charge is 2.24. The Bertz CT molecular complexity index is 1340. The topological polar surface area (TPSA) is 130 Å². The number of primary amides is 1. The lowest BCUT2D eigenvalue weighted by Crippen LogP contribution is -2.29. The minimum atomic E-state index is -0.562. The van der Waals surface area contributed by atoms with Crippen LogP contribution in [0, 0.1) is 0 Å². The second-order valence-electron chi connectivity index (χ2n) is 7.44. The number of rotatable bonds is 6. The second kappa shape index (κ2) is 7.52. The zero-order valence-electron chi connectivity index (χ0n) is 16.5. The summed E-state index contributed by atoms with van der Waals surface area (Å²) < 4.78 is 1.95. The number of carbonyl (C=O) groups is 1. The smallest absolute Gasteiger partial charge is 0.256 e. The molecule has 1 aromatic carbocycles. The number of nitrogens with one attached hydrogen (secondary N) is 3. The van der Waals surface area contributed by atoms with Crippen molar-refractivity contribution in [3.63, 3.8) is 0 Å². The van der Waals surface area contributed by atoms with Gasteiger partial charge in [0.15, 0.2) is 12.4 Å². The van der Waals surface area contributed by atoms with E-state index in [-0.39, 0.29) is 11.1 Å². The van der Waals surface area contributed by atoms with Crippen molar-refractivity contribution in [3.05, 3.63) is 77.1 Å². The van der Waals surface area contributed by atoms with Crippen molar-refractivity contribution in [2.45, 2.75) is 18.9 Å². The van der Waals surface area contributed by atoms with Crippen LogP contribution < -0.4 is 26.5 Å². The number of aromatic amines is 1. The Morgan fingerprint density at radius 2 is 1.97 bits per heavy atom. The van der Waals surface area contributed by atoms with Crippen molar-refractivity contribution < 1.29 is 9.36 Å². The average Bonchev–Trinajstić information content (AvgIpc) is 3.58. The molecule has 0 aliphatic heterocycles. The summed E-state index contributed by atoms with van der Waals surface area (Å²) in [5.41, 5.74) is 7.33. The summed E-state index contributed by atoms with van der Waals surface area (Å²) in [5.74, 6) is 0.262. The molecule has 0 atom stereocenters. The lowest BCUT2D eigenvalue weighted by molar-refractivity contribution is -0.594. The summed E-state index contributed by atoms with van der Waals surface area (Å²) in [6, 6.07) is 11.7. The molecule has 5 rings (SSSR count). The van der Waals surface area contributed by atoms with Gasteiger partial charge in [0.2, 0.25) is 11.6 Å². The van der Waals surface area contributed by atoms with Gasteiger partial charge in [0, 0.05) is 42.3 Å². The van der Waals surface area contributed by atoms with E-state index >= 15 is 0 Å². The maximum atomic E-state index is 11.9. The molecule has 0 saturated heterocycles. The highest BCUT2D eigenvalue weighted by Crippen LogP contribution is 2.26. The minimum Gasteiger partial charge on any atom is -0.367 e. The number of H-pyrrole nitrogens is 1. The molecule has 3 heterocycles. The van der Waals surface area contributed by atoms with Gasteiger partial charge >= 0.3 is 0 Å². The molecule has 1 fully saturated rings. The van der Waals surface area contributed by atoms with E-state index in [1.807, 2.05) is 47.3 Å². The van der Waals surface area contributed by atoms with Gasteiger partial charge in [-0.2, -0.15) is 9.55 Å². The van der Waals surface area contributed by atoms with Crippen molar-refractivity contribution in [1.29, 1.82) is 0 Å². The first-order valence-electron chi connectivity index (χ1n) is 9.90. The van der Waals surface area contributed by atoms with E-state index in [2.05, 4.69) is 25.6 Å². The average molecular weight is 414 g/mol. The number of hydrogen-bond acceptors (Lipinski definition) is 6. The largest absolute Gasteiger partial charge is 0.367 e. The fourth-order valence-corrected chi connectivity index (χ4v) is 3.30. The molecule has 1 saturated carbocycles. The van der Waals surface area contributed by atoms with Gasteiger partial charge < -0.3 is 21.4 Å². The van der Waals surface area contributed by atoms with Crippen LogP contribution in [0.4, 0.5) is 17.5 Å². The Kier molecular flexibility index (Phi) is 4.55. The molecule has 9 nitrogen and oxygen atoms in total. The van der Waals surface area contributed by atoms with Gasteiger partial charge in [0.05, 0.1) is 16.3 Å². The van der Waals surface area contributed by atoms with Crippen LogP contribution in [0.2, 0.25) is 0 Å². The van der Waals surface area contributed by atoms with E-state index in [1.54, 1.807) is 12.3 Å². The van der Waals surface area contributed by atoms with Crippen LogP contribution in [0.5, 0.6) is 0 Å². The Balaban J connectivity index is 1.38. The number of pyridine rings is 2. The zero-order chi connectivity index (χ0) is 21.4. The number of hydrogen-bond donors (Lipinski definition) is 4. The maximum absolute atomic E-state index is 11.9. The first-order chi connectivity index (χ1) is 15.1. The molecule has 5 N–H and O–H groups in total. The fraction of sp³-hybridized carbons (Fsp3) is 0.136. The van der Waals surface area contributed by atoms with Crippen LogP contribution in [-0.4, -0.2) is 26.9 Å². The summed E-state index contributed by atoms with van der Waals surface area (Å²) >= 11 is 0. The number of fused-ring (bicyclic) bond motifs is 1. The molecule has 1 aliphatic rings. The third kappa shape index (κ3) is 3.93. The molecule has 0 radical (unpaired) electrons. The van der Waals surface area contributed by atoms with Crippen molar-refractivity contribution in [1.82, 2.24) is 15.0 Å². The molecule has 154 valence electrons. The highest BCUT2D eigenvalue weighted by molar-refractivity contribution is 5.97. The van der Waals surface area contributed by atoms with Crippen LogP contribution in [0.1, 0.15) is 23.2 Å². The van der Waals surface area contributed by atoms with Crippen molar-refractivity contribution in [2.24, 2.45) is 5.73 Å². The molecule has 4 aromatic rings. The third-order valence-corrected chi connectivity index (χ3v) is 5.11. The first-order valence-corrected chi connectivity index (χ1v) is 9.90. The van der Waals surface area contributed by atoms with Gasteiger partial charge in [-0.25, -0.2) is 4.98 Å². The Morgan fingerprint density at radius 1 is 1.16 bits per heavy atom. The summed E-state index contributed by atoms with van der Waals surface area (Å²) in [7, 11) is 0. The number of nitrogens with two attached hydrogens (primary N) is 1. The van der Waals surface area contributed by atoms with Crippen LogP contribution in [-0.2, 0) is 0 Å². The zero-order valence-corrected chi connectivity index (χ0v) is 16.5. The Hall–Kier alpha value is -4.27. The standard InChI is InChI=1S/C22H19N7O2/c23-19(30)18-11-25-22(28-20(18)26-14-1-2-14)27-15-3-5-16(6-4-15)29-10-8-17-13(12-29)7-9-24-21(17)31/h3-12,14H,1-2H2,(H4-,23,24,25,26,27,28,30,31)/p+1. The monoisotopic (exact) mass is 414 g/mol. The molecule has 1 aliphatic carbocycles. The Morgan fingerprint density at radius 3 is 2.71 bits per heavy atom. The lowest BCUT2D eigenvalue weighted by atomic mass is 10.2. The fourth-order valence-electron chi connectivity index (χ4n) is 3.30. The summed E-state index contributed by atoms with van der Waals surface area (Å²) in [6.45, 7) is 0. The van der Waals surface area contributed by atoms with Crippen LogP contribution in [0.15, 0.2) is 66.0 Å². The van der Waals surface area contributed by atoms with E-state index in [4.69, 9.17) is 5.73 Å². The van der Waals surface area contributed by atoms with Crippen LogP contribution in [0.3, 0.4) is 0 Å². The predicted octanol–water partition coefficient (Wildman–Crippen LogP) is 2.01. The molecule has 31 heavy (non-hydrogen) atoms. The molecule has 0 unspecified atom stereocenters. The Labute approximate surface area is 177 Å². The summed E-state index contributed by atoms with van der Waals surface area (Å²) in [5, 5.41) is 7.87. The predicted molar refractivity (Wildman–Crippen MR) is 117 cm³/mol. The number of anilines is 3. The van der Waals surface area contributed by atoms with Crippen LogP contribution in [0.25, 0.3) is 16.5 Å². The second-order valence-corrected chi connectivity index (χ2v) is 7.44. The van der Waals surface area contributed by atoms with Gasteiger partial charge in [-0.05, 0) is 31.0 Å². The van der Waals surface area contributed by atoms with Gasteiger partial charge in [0.1, 0.15) is 5.82 Å². The molecular formula is C22H20N7O2+. The number of carbonyl (C=O) groups excluding carboxylic acids is 1. The first kappa shape index (κ1) is 18.7. The van der Waals surface area contributed by atoms with E-state index in [1.165, 1.54) is 6.20 Å². The lowest BCUT2D eigenvalue weighted by Gasteiger charge is -2.10. The van der Waals surface area contributed by atoms with E-state index in [0.29, 0.717) is 23.2 Å². The van der Waals surface area contributed by atoms with E-state index < -0.39 is 5.91 Å². The normalized spacial score (nSPS) is 13.2. The van der Waals surface area contributed by atoms with Gasteiger partial charge in [-0.1, -0.05) is 0 Å². The van der Waals surface area contributed by atoms with Gasteiger partial charge in [0.25, 0.3) is 11.5 Å². The number of nitrogens with zero attached hydrogens (tertiary/aromatic N) is 3. The number of benzene rings is 1. The van der Waals surface area contributed by atoms with E-state index in [9.17, 15) is 9.59 Å². The maximum Gasteiger partial charge on any atom is 0.256 e. The number of amides is 1. The van der Waals surface area contributed by atoms with Gasteiger partial charge in [-0.15, -0.1) is 0 Å². The molecule has 1 amide bonds.